The van der Waals surface area contributed by atoms with E-state index < -0.39 is 43.6 Å². The maximum Gasteiger partial charge on any atom is 0.263 e. The van der Waals surface area contributed by atoms with Gasteiger partial charge in [-0.1, -0.05) is 18.2 Å². The Balaban J connectivity index is 0.000000240. The smallest absolute Gasteiger partial charge is 0.263 e. The molecular formula is C31H31F2N7O6S4. The number of nitrogens with zero attached hydrogens (tertiary/aromatic N) is 3. The summed E-state index contributed by atoms with van der Waals surface area (Å²) in [6.07, 6.45) is 4.85. The van der Waals surface area contributed by atoms with Crippen molar-refractivity contribution < 1.29 is 35.5 Å². The zero-order chi connectivity index (χ0) is 35.9. The Bertz CT molecular complexity index is 2150. The van der Waals surface area contributed by atoms with Crippen LogP contribution in [0.2, 0.25) is 0 Å². The summed E-state index contributed by atoms with van der Waals surface area (Å²) in [5, 5.41) is 15.7. The highest BCUT2D eigenvalue weighted by molar-refractivity contribution is 7.93. The molecule has 2 aromatic heterocycles. The van der Waals surface area contributed by atoms with Gasteiger partial charge in [0.1, 0.15) is 17.7 Å². The first kappa shape index (κ1) is 36.6. The van der Waals surface area contributed by atoms with E-state index in [4.69, 9.17) is 5.73 Å². The maximum atomic E-state index is 14.8. The molecule has 3 heterocycles. The number of aromatic nitrogens is 2. The van der Waals surface area contributed by atoms with Crippen LogP contribution in [0.25, 0.3) is 0 Å². The standard InChI is InChI=1S/C22H23FN4O4S2.C9H8FN3O2S2/c23-17-14-16(33(30,31)26-22-24-10-13-32-22)7-8-18(17)25-21(29)20(9-12-28)27-11-3-5-15-4-1-2-6-19(15)27;10-7-5-6(1-2-8(7)11)17(14,15)13-9-12-3-4-16-9/h1-2,4,6-8,10,13-14,20,28H,3,5,9,11-12H2,(H,24,26)(H,25,29);1-5H,11H2,(H,12,13)/t20-;/m0./s1. The predicted molar refractivity (Wildman–Crippen MR) is 189 cm³/mol. The van der Waals surface area contributed by atoms with Crippen LogP contribution in [0.5, 0.6) is 0 Å². The highest BCUT2D eigenvalue weighted by Crippen LogP contribution is 2.30. The zero-order valence-electron chi connectivity index (χ0n) is 26.0. The van der Waals surface area contributed by atoms with E-state index in [2.05, 4.69) is 24.7 Å². The number of aryl methyl sites for hydroxylation is 1. The van der Waals surface area contributed by atoms with Gasteiger partial charge in [0.25, 0.3) is 20.0 Å². The van der Waals surface area contributed by atoms with E-state index in [1.807, 2.05) is 29.2 Å². The average Bonchev–Trinajstić information content (AvgIpc) is 3.80. The van der Waals surface area contributed by atoms with Gasteiger partial charge in [0.05, 0.1) is 21.2 Å². The van der Waals surface area contributed by atoms with E-state index in [0.717, 1.165) is 58.9 Å². The van der Waals surface area contributed by atoms with E-state index in [1.165, 1.54) is 36.7 Å². The van der Waals surface area contributed by atoms with Gasteiger partial charge in [0, 0.05) is 42.0 Å². The van der Waals surface area contributed by atoms with Crippen LogP contribution < -0.4 is 25.4 Å². The number of halogens is 2. The molecular weight excluding hydrogens is 733 g/mol. The Morgan fingerprint density at radius 3 is 2.06 bits per heavy atom. The Hall–Kier alpha value is -4.69. The fraction of sp³-hybridized carbons (Fsp3) is 0.194. The van der Waals surface area contributed by atoms with Gasteiger partial charge in [-0.2, -0.15) is 0 Å². The second kappa shape index (κ2) is 15.9. The highest BCUT2D eigenvalue weighted by atomic mass is 32.2. The Kier molecular flexibility index (Phi) is 11.6. The van der Waals surface area contributed by atoms with Gasteiger partial charge in [-0.25, -0.2) is 35.6 Å². The van der Waals surface area contributed by atoms with E-state index >= 15 is 0 Å². The first-order chi connectivity index (χ1) is 23.9. The molecule has 1 aliphatic rings. The topological polar surface area (TPSA) is 197 Å². The number of hydrogen-bond donors (Lipinski definition) is 5. The van der Waals surface area contributed by atoms with Crippen LogP contribution in [-0.2, 0) is 31.3 Å². The molecule has 0 saturated carbocycles. The number of fused-ring (bicyclic) bond motifs is 1. The second-order valence-corrected chi connectivity index (χ2v) is 15.8. The number of hydrogen-bond acceptors (Lipinski definition) is 12. The van der Waals surface area contributed by atoms with Gasteiger partial charge in [0.15, 0.2) is 10.3 Å². The number of para-hydroxylation sites is 1. The van der Waals surface area contributed by atoms with Crippen molar-refractivity contribution in [1.29, 1.82) is 0 Å². The van der Waals surface area contributed by atoms with Gasteiger partial charge in [-0.15, -0.1) is 22.7 Å². The molecule has 19 heteroatoms. The van der Waals surface area contributed by atoms with Crippen LogP contribution in [0, 0.1) is 11.6 Å². The normalized spacial score (nSPS) is 13.4. The molecule has 0 fully saturated rings. The summed E-state index contributed by atoms with van der Waals surface area (Å²) in [7, 11) is -7.84. The van der Waals surface area contributed by atoms with E-state index in [9.17, 15) is 35.5 Å². The number of amides is 1. The van der Waals surface area contributed by atoms with E-state index in [1.54, 1.807) is 10.8 Å². The van der Waals surface area contributed by atoms with Crippen LogP contribution in [0.15, 0.2) is 93.6 Å². The van der Waals surface area contributed by atoms with Crippen LogP contribution in [0.1, 0.15) is 18.4 Å². The molecule has 0 unspecified atom stereocenters. The number of thiazole rings is 2. The minimum Gasteiger partial charge on any atom is -0.396 e. The van der Waals surface area contributed by atoms with Gasteiger partial charge in [-0.3, -0.25) is 14.2 Å². The van der Waals surface area contributed by atoms with Gasteiger partial charge in [-0.05, 0) is 67.3 Å². The Morgan fingerprint density at radius 2 is 1.50 bits per heavy atom. The molecule has 0 aliphatic carbocycles. The Labute approximate surface area is 294 Å². The molecule has 264 valence electrons. The third-order valence-corrected chi connectivity index (χ3v) is 11.6. The summed E-state index contributed by atoms with van der Waals surface area (Å²) in [6, 6.07) is 13.6. The molecule has 13 nitrogen and oxygen atoms in total. The molecule has 6 N–H and O–H groups in total. The van der Waals surface area contributed by atoms with Gasteiger partial charge >= 0.3 is 0 Å². The van der Waals surface area contributed by atoms with Crippen LogP contribution in [0.3, 0.4) is 0 Å². The van der Waals surface area contributed by atoms with Crippen molar-refractivity contribution >= 4 is 76.0 Å². The number of nitrogens with two attached hydrogens (primary N) is 1. The van der Waals surface area contributed by atoms with Crippen molar-refractivity contribution in [2.75, 3.05) is 38.5 Å². The quantitative estimate of drug-likeness (QED) is 0.116. The zero-order valence-corrected chi connectivity index (χ0v) is 29.3. The number of sulfonamides is 2. The third-order valence-electron chi connectivity index (χ3n) is 7.33. The monoisotopic (exact) mass is 763 g/mol. The summed E-state index contributed by atoms with van der Waals surface area (Å²) in [6.45, 7) is 0.427. The van der Waals surface area contributed by atoms with Crippen LogP contribution in [0.4, 0.5) is 36.1 Å². The Morgan fingerprint density at radius 1 is 0.900 bits per heavy atom. The second-order valence-electron chi connectivity index (χ2n) is 10.7. The molecule has 3 aromatic carbocycles. The summed E-state index contributed by atoms with van der Waals surface area (Å²) in [5.74, 6) is -2.13. The lowest BCUT2D eigenvalue weighted by Gasteiger charge is -2.37. The molecule has 1 amide bonds. The fourth-order valence-electron chi connectivity index (χ4n) is 4.99. The number of anilines is 5. The molecule has 0 spiro atoms. The molecule has 0 bridgehead atoms. The highest BCUT2D eigenvalue weighted by Gasteiger charge is 2.30. The first-order valence-corrected chi connectivity index (χ1v) is 19.6. The van der Waals surface area contributed by atoms with Crippen molar-refractivity contribution in [3.8, 4) is 0 Å². The number of aliphatic hydroxyl groups is 1. The van der Waals surface area contributed by atoms with Crippen molar-refractivity contribution in [3.05, 3.63) is 101 Å². The van der Waals surface area contributed by atoms with Crippen LogP contribution in [-0.4, -0.2) is 57.0 Å². The van der Waals surface area contributed by atoms with Crippen LogP contribution >= 0.6 is 22.7 Å². The third kappa shape index (κ3) is 8.90. The summed E-state index contributed by atoms with van der Waals surface area (Å²) in [5.41, 5.74) is 7.07. The number of rotatable bonds is 11. The molecule has 5 aromatic rings. The lowest BCUT2D eigenvalue weighted by molar-refractivity contribution is -0.117. The van der Waals surface area contributed by atoms with E-state index in [0.29, 0.717) is 6.54 Å². The van der Waals surface area contributed by atoms with Crippen molar-refractivity contribution in [3.63, 3.8) is 0 Å². The maximum absolute atomic E-state index is 14.8. The van der Waals surface area contributed by atoms with Crippen molar-refractivity contribution in [2.45, 2.75) is 35.1 Å². The van der Waals surface area contributed by atoms with Gasteiger partial charge < -0.3 is 21.1 Å². The predicted octanol–water partition coefficient (Wildman–Crippen LogP) is 4.89. The SMILES string of the molecule is Nc1ccc(S(=O)(=O)Nc2nccs2)cc1F.O=C(Nc1ccc(S(=O)(=O)Nc2nccs2)cc1F)[C@H](CCO)N1CCCc2ccccc21. The summed E-state index contributed by atoms with van der Waals surface area (Å²) >= 11 is 2.23. The molecule has 1 atom stereocenters. The van der Waals surface area contributed by atoms with Gasteiger partial charge in [0.2, 0.25) is 5.91 Å². The minimum atomic E-state index is -4.02. The number of nitrogens with one attached hydrogen (secondary N) is 3. The van der Waals surface area contributed by atoms with E-state index in [-0.39, 0.29) is 44.5 Å². The number of carbonyl (C=O) groups excluding carboxylic acids is 1. The van der Waals surface area contributed by atoms with Crippen molar-refractivity contribution in [1.82, 2.24) is 9.97 Å². The summed E-state index contributed by atoms with van der Waals surface area (Å²) < 4.78 is 81.0. The minimum absolute atomic E-state index is 0.0989. The lowest BCUT2D eigenvalue weighted by Crippen LogP contribution is -2.47. The molecule has 0 radical (unpaired) electrons. The number of carbonyl (C=O) groups is 1. The number of aliphatic hydroxyl groups excluding tert-OH is 1. The molecule has 0 saturated heterocycles. The number of nitrogen functional groups attached to an aromatic ring is 1. The summed E-state index contributed by atoms with van der Waals surface area (Å²) in [4.78, 5) is 22.2. The first-order valence-electron chi connectivity index (χ1n) is 14.8. The molecule has 50 heavy (non-hydrogen) atoms. The molecule has 6 rings (SSSR count). The average molecular weight is 764 g/mol. The lowest BCUT2D eigenvalue weighted by atomic mass is 9.98. The fourth-order valence-corrected chi connectivity index (χ4v) is 8.59. The van der Waals surface area contributed by atoms with Crippen molar-refractivity contribution in [2.24, 2.45) is 0 Å². The molecule has 1 aliphatic heterocycles. The number of benzene rings is 3. The largest absolute Gasteiger partial charge is 0.396 e.